The topological polar surface area (TPSA) is 49.9 Å². The first kappa shape index (κ1) is 6.33. The normalized spacial score (nSPS) is 24.9. The molecule has 9 heavy (non-hydrogen) atoms. The third-order valence-electron chi connectivity index (χ3n) is 1.71. The van der Waals surface area contributed by atoms with Gasteiger partial charge in [0.15, 0.2) is 0 Å². The van der Waals surface area contributed by atoms with E-state index in [0.717, 1.165) is 30.5 Å². The zero-order valence-electron chi connectivity index (χ0n) is 5.48. The van der Waals surface area contributed by atoms with Gasteiger partial charge in [-0.3, -0.25) is 0 Å². The van der Waals surface area contributed by atoms with Crippen molar-refractivity contribution in [2.24, 2.45) is 5.73 Å². The zero-order chi connectivity index (χ0) is 6.69. The molecule has 0 heterocycles. The highest BCUT2D eigenvalue weighted by molar-refractivity contribution is 5.98. The first-order chi connectivity index (χ1) is 4.34. The van der Waals surface area contributed by atoms with E-state index in [4.69, 9.17) is 11.1 Å². The Morgan fingerprint density at radius 3 is 2.44 bits per heavy atom. The van der Waals surface area contributed by atoms with Crippen LogP contribution in [0.5, 0.6) is 0 Å². The molecule has 0 spiro atoms. The molecule has 0 bridgehead atoms. The summed E-state index contributed by atoms with van der Waals surface area (Å²) in [5.74, 6) is 0. The van der Waals surface area contributed by atoms with Crippen LogP contribution >= 0.6 is 0 Å². The lowest BCUT2D eigenvalue weighted by Gasteiger charge is -2.13. The quantitative estimate of drug-likeness (QED) is 0.504. The van der Waals surface area contributed by atoms with Crippen LogP contribution in [0, 0.1) is 5.41 Å². The SMILES string of the molecule is N=C1CCCC/C1=C/N. The van der Waals surface area contributed by atoms with Gasteiger partial charge < -0.3 is 11.1 Å². The van der Waals surface area contributed by atoms with E-state index < -0.39 is 0 Å². The molecule has 2 heteroatoms. The second kappa shape index (κ2) is 2.67. The zero-order valence-corrected chi connectivity index (χ0v) is 5.48. The summed E-state index contributed by atoms with van der Waals surface area (Å²) in [6.45, 7) is 0. The molecule has 0 aromatic carbocycles. The van der Waals surface area contributed by atoms with Crippen LogP contribution in [-0.2, 0) is 0 Å². The lowest BCUT2D eigenvalue weighted by atomic mass is 9.94. The van der Waals surface area contributed by atoms with Gasteiger partial charge in [-0.15, -0.1) is 0 Å². The smallest absolute Gasteiger partial charge is 0.0360 e. The molecule has 3 N–H and O–H groups in total. The van der Waals surface area contributed by atoms with Gasteiger partial charge in [-0.1, -0.05) is 0 Å². The number of nitrogens with two attached hydrogens (primary N) is 1. The Morgan fingerprint density at radius 2 is 2.00 bits per heavy atom. The van der Waals surface area contributed by atoms with Crippen molar-refractivity contribution in [3.63, 3.8) is 0 Å². The summed E-state index contributed by atoms with van der Waals surface area (Å²) in [4.78, 5) is 0. The number of nitrogens with one attached hydrogen (secondary N) is 1. The van der Waals surface area contributed by atoms with Crippen molar-refractivity contribution >= 4 is 5.71 Å². The maximum atomic E-state index is 7.40. The molecule has 1 fully saturated rings. The van der Waals surface area contributed by atoms with Crippen molar-refractivity contribution in [3.05, 3.63) is 11.8 Å². The fourth-order valence-electron chi connectivity index (χ4n) is 1.11. The fraction of sp³-hybridized carbons (Fsp3) is 0.571. The minimum Gasteiger partial charge on any atom is -0.404 e. The molecular formula is C7H12N2. The molecule has 50 valence electrons. The van der Waals surface area contributed by atoms with Gasteiger partial charge in [-0.05, 0) is 37.5 Å². The Balaban J connectivity index is 2.60. The third kappa shape index (κ3) is 1.31. The van der Waals surface area contributed by atoms with Crippen LogP contribution in [0.2, 0.25) is 0 Å². The van der Waals surface area contributed by atoms with Crippen molar-refractivity contribution in [1.29, 1.82) is 5.41 Å². The van der Waals surface area contributed by atoms with Crippen LogP contribution in [0.25, 0.3) is 0 Å². The molecule has 0 aromatic heterocycles. The molecule has 1 saturated carbocycles. The molecule has 0 radical (unpaired) electrons. The highest BCUT2D eigenvalue weighted by Crippen LogP contribution is 2.18. The van der Waals surface area contributed by atoms with Gasteiger partial charge >= 0.3 is 0 Å². The summed E-state index contributed by atoms with van der Waals surface area (Å²) < 4.78 is 0. The van der Waals surface area contributed by atoms with E-state index in [1.807, 2.05) is 0 Å². The van der Waals surface area contributed by atoms with Gasteiger partial charge in [0.2, 0.25) is 0 Å². The largest absolute Gasteiger partial charge is 0.404 e. The molecule has 0 aromatic rings. The summed E-state index contributed by atoms with van der Waals surface area (Å²) >= 11 is 0. The second-order valence-corrected chi connectivity index (χ2v) is 2.38. The number of hydrogen-bond donors (Lipinski definition) is 2. The molecule has 0 atom stereocenters. The van der Waals surface area contributed by atoms with Gasteiger partial charge in [0.1, 0.15) is 0 Å². The first-order valence-corrected chi connectivity index (χ1v) is 3.33. The monoisotopic (exact) mass is 124 g/mol. The molecule has 0 unspecified atom stereocenters. The number of rotatable bonds is 0. The van der Waals surface area contributed by atoms with Crippen molar-refractivity contribution < 1.29 is 0 Å². The molecule has 2 nitrogen and oxygen atoms in total. The van der Waals surface area contributed by atoms with E-state index in [9.17, 15) is 0 Å². The predicted molar refractivity (Wildman–Crippen MR) is 38.5 cm³/mol. The van der Waals surface area contributed by atoms with Crippen molar-refractivity contribution in [1.82, 2.24) is 0 Å². The average Bonchev–Trinajstić information content (AvgIpc) is 1.89. The van der Waals surface area contributed by atoms with Crippen LogP contribution in [0.3, 0.4) is 0 Å². The Hall–Kier alpha value is -0.790. The lowest BCUT2D eigenvalue weighted by molar-refractivity contribution is 0.729. The molecule has 1 aliphatic carbocycles. The summed E-state index contributed by atoms with van der Waals surface area (Å²) in [5, 5.41) is 7.40. The van der Waals surface area contributed by atoms with E-state index in [1.54, 1.807) is 6.20 Å². The van der Waals surface area contributed by atoms with Crippen LogP contribution in [0.4, 0.5) is 0 Å². The predicted octanol–water partition coefficient (Wildman–Crippen LogP) is 1.42. The highest BCUT2D eigenvalue weighted by Gasteiger charge is 2.09. The minimum atomic E-state index is 0.740. The lowest BCUT2D eigenvalue weighted by Crippen LogP contribution is -2.08. The van der Waals surface area contributed by atoms with E-state index in [0.29, 0.717) is 0 Å². The minimum absolute atomic E-state index is 0.740. The summed E-state index contributed by atoms with van der Waals surface area (Å²) in [6.07, 6.45) is 5.86. The summed E-state index contributed by atoms with van der Waals surface area (Å²) in [7, 11) is 0. The van der Waals surface area contributed by atoms with Crippen molar-refractivity contribution in [2.45, 2.75) is 25.7 Å². The fourth-order valence-corrected chi connectivity index (χ4v) is 1.11. The highest BCUT2D eigenvalue weighted by atomic mass is 14.5. The summed E-state index contributed by atoms with van der Waals surface area (Å²) in [6, 6.07) is 0. The Kier molecular flexibility index (Phi) is 1.88. The third-order valence-corrected chi connectivity index (χ3v) is 1.71. The summed E-state index contributed by atoms with van der Waals surface area (Å²) in [5.41, 5.74) is 7.07. The standard InChI is InChI=1S/C7H12N2/c8-5-6-3-1-2-4-7(6)9/h5,9H,1-4,8H2/b6-5-,9-7?. The van der Waals surface area contributed by atoms with E-state index in [2.05, 4.69) is 0 Å². The van der Waals surface area contributed by atoms with Gasteiger partial charge in [-0.2, -0.15) is 0 Å². The molecule has 0 aliphatic heterocycles. The van der Waals surface area contributed by atoms with Crippen molar-refractivity contribution in [2.75, 3.05) is 0 Å². The second-order valence-electron chi connectivity index (χ2n) is 2.38. The van der Waals surface area contributed by atoms with Gasteiger partial charge in [0.05, 0.1) is 0 Å². The molecule has 1 rings (SSSR count). The Labute approximate surface area is 55.3 Å². The number of hydrogen-bond acceptors (Lipinski definition) is 2. The number of allylic oxidation sites excluding steroid dienone is 1. The van der Waals surface area contributed by atoms with Gasteiger partial charge in [-0.25, -0.2) is 0 Å². The maximum Gasteiger partial charge on any atom is 0.0360 e. The Bertz CT molecular complexity index is 147. The van der Waals surface area contributed by atoms with Gasteiger partial charge in [0, 0.05) is 5.71 Å². The molecular weight excluding hydrogens is 112 g/mol. The Morgan fingerprint density at radius 1 is 1.33 bits per heavy atom. The molecule has 1 aliphatic rings. The van der Waals surface area contributed by atoms with Crippen LogP contribution in [-0.4, -0.2) is 5.71 Å². The van der Waals surface area contributed by atoms with E-state index in [1.165, 1.54) is 6.42 Å². The first-order valence-electron chi connectivity index (χ1n) is 3.33. The van der Waals surface area contributed by atoms with E-state index >= 15 is 0 Å². The average molecular weight is 124 g/mol. The van der Waals surface area contributed by atoms with Crippen LogP contribution in [0.1, 0.15) is 25.7 Å². The molecule has 0 amide bonds. The van der Waals surface area contributed by atoms with Crippen LogP contribution in [0.15, 0.2) is 11.8 Å². The van der Waals surface area contributed by atoms with Crippen LogP contribution < -0.4 is 5.73 Å². The molecule has 0 saturated heterocycles. The maximum absolute atomic E-state index is 7.40. The van der Waals surface area contributed by atoms with E-state index in [-0.39, 0.29) is 0 Å². The van der Waals surface area contributed by atoms with Gasteiger partial charge in [0.25, 0.3) is 0 Å². The van der Waals surface area contributed by atoms with Crippen molar-refractivity contribution in [3.8, 4) is 0 Å².